The lowest BCUT2D eigenvalue weighted by Crippen LogP contribution is -2.24. The number of carbonyl (C=O) groups is 1. The second-order valence-electron chi connectivity index (χ2n) is 3.99. The molecule has 0 radical (unpaired) electrons. The molecule has 3 N–H and O–H groups in total. The lowest BCUT2D eigenvalue weighted by Gasteiger charge is -2.03. The summed E-state index contributed by atoms with van der Waals surface area (Å²) in [6, 6.07) is 4.86. The van der Waals surface area contributed by atoms with Gasteiger partial charge in [0.15, 0.2) is 0 Å². The number of furan rings is 1. The summed E-state index contributed by atoms with van der Waals surface area (Å²) < 4.78 is 5.22. The molecule has 0 saturated heterocycles. The quantitative estimate of drug-likeness (QED) is 0.703. The highest BCUT2D eigenvalue weighted by Gasteiger charge is 2.15. The zero-order valence-electron chi connectivity index (χ0n) is 9.85. The fraction of sp³-hybridized carbons (Fsp3) is 0.308. The Morgan fingerprint density at radius 1 is 1.33 bits per heavy atom. The fourth-order valence-corrected chi connectivity index (χ4v) is 1.77. The van der Waals surface area contributed by atoms with Gasteiger partial charge in [0.05, 0.1) is 10.9 Å². The van der Waals surface area contributed by atoms with Crippen molar-refractivity contribution in [3.05, 3.63) is 30.0 Å². The molecular weight excluding hydrogens is 234 g/mol. The van der Waals surface area contributed by atoms with Crippen molar-refractivity contribution in [2.45, 2.75) is 12.8 Å². The smallest absolute Gasteiger partial charge is 0.255 e. The van der Waals surface area contributed by atoms with Crippen molar-refractivity contribution in [3.63, 3.8) is 0 Å². The van der Waals surface area contributed by atoms with Gasteiger partial charge in [-0.05, 0) is 25.0 Å². The van der Waals surface area contributed by atoms with E-state index < -0.39 is 0 Å². The van der Waals surface area contributed by atoms with Crippen LogP contribution in [-0.2, 0) is 0 Å². The van der Waals surface area contributed by atoms with Crippen molar-refractivity contribution < 1.29 is 19.4 Å². The van der Waals surface area contributed by atoms with Crippen LogP contribution in [0.5, 0.6) is 5.75 Å². The van der Waals surface area contributed by atoms with Crippen LogP contribution < -0.4 is 5.32 Å². The van der Waals surface area contributed by atoms with Gasteiger partial charge in [0.25, 0.3) is 5.91 Å². The van der Waals surface area contributed by atoms with Crippen molar-refractivity contribution in [2.24, 2.45) is 0 Å². The molecule has 1 heterocycles. The molecule has 1 aromatic heterocycles. The first-order valence-corrected chi connectivity index (χ1v) is 5.82. The molecule has 18 heavy (non-hydrogen) atoms. The predicted molar refractivity (Wildman–Crippen MR) is 66.5 cm³/mol. The highest BCUT2D eigenvalue weighted by molar-refractivity contribution is 6.08. The molecule has 1 aromatic carbocycles. The van der Waals surface area contributed by atoms with Crippen LogP contribution in [0.4, 0.5) is 0 Å². The third kappa shape index (κ3) is 2.46. The lowest BCUT2D eigenvalue weighted by atomic mass is 10.1. The summed E-state index contributed by atoms with van der Waals surface area (Å²) in [4.78, 5) is 11.9. The van der Waals surface area contributed by atoms with Gasteiger partial charge in [0.2, 0.25) is 0 Å². The Bertz CT molecular complexity index is 547. The van der Waals surface area contributed by atoms with Gasteiger partial charge in [0.1, 0.15) is 17.6 Å². The minimum Gasteiger partial charge on any atom is -0.507 e. The molecule has 1 amide bonds. The number of phenolic OH excluding ortho intramolecular Hbond substituents is 1. The number of benzene rings is 1. The average Bonchev–Trinajstić information content (AvgIpc) is 2.80. The number of rotatable bonds is 5. The molecule has 0 atom stereocenters. The van der Waals surface area contributed by atoms with E-state index in [1.165, 1.54) is 12.3 Å². The van der Waals surface area contributed by atoms with Crippen LogP contribution >= 0.6 is 0 Å². The Morgan fingerprint density at radius 2 is 2.17 bits per heavy atom. The third-order valence-electron chi connectivity index (χ3n) is 2.69. The first kappa shape index (κ1) is 12.4. The summed E-state index contributed by atoms with van der Waals surface area (Å²) in [6.45, 7) is 0.602. The largest absolute Gasteiger partial charge is 0.507 e. The van der Waals surface area contributed by atoms with E-state index in [4.69, 9.17) is 9.52 Å². The number of aliphatic hydroxyl groups excluding tert-OH is 1. The Balaban J connectivity index is 2.13. The molecule has 5 heteroatoms. The molecule has 5 nitrogen and oxygen atoms in total. The van der Waals surface area contributed by atoms with Gasteiger partial charge >= 0.3 is 0 Å². The van der Waals surface area contributed by atoms with Gasteiger partial charge in [-0.15, -0.1) is 0 Å². The summed E-state index contributed by atoms with van der Waals surface area (Å²) >= 11 is 0. The van der Waals surface area contributed by atoms with E-state index in [0.717, 1.165) is 0 Å². The van der Waals surface area contributed by atoms with E-state index >= 15 is 0 Å². The van der Waals surface area contributed by atoms with Crippen molar-refractivity contribution in [3.8, 4) is 5.75 Å². The van der Waals surface area contributed by atoms with Crippen molar-refractivity contribution in [1.29, 1.82) is 0 Å². The number of amides is 1. The van der Waals surface area contributed by atoms with E-state index in [1.54, 1.807) is 12.1 Å². The van der Waals surface area contributed by atoms with Gasteiger partial charge in [-0.1, -0.05) is 6.07 Å². The summed E-state index contributed by atoms with van der Waals surface area (Å²) in [6.07, 6.45) is 2.70. The van der Waals surface area contributed by atoms with Crippen LogP contribution in [0.2, 0.25) is 0 Å². The second-order valence-corrected chi connectivity index (χ2v) is 3.99. The molecule has 2 aromatic rings. The van der Waals surface area contributed by atoms with E-state index in [9.17, 15) is 9.90 Å². The molecule has 2 rings (SSSR count). The number of aromatic hydroxyl groups is 1. The second kappa shape index (κ2) is 5.55. The van der Waals surface area contributed by atoms with E-state index in [2.05, 4.69) is 5.32 Å². The fourth-order valence-electron chi connectivity index (χ4n) is 1.77. The molecule has 0 aliphatic rings. The number of nitrogens with one attached hydrogen (secondary N) is 1. The van der Waals surface area contributed by atoms with Crippen LogP contribution in [0.25, 0.3) is 11.0 Å². The normalized spacial score (nSPS) is 10.7. The molecule has 0 aliphatic heterocycles. The molecule has 96 valence electrons. The van der Waals surface area contributed by atoms with Crippen molar-refractivity contribution in [2.75, 3.05) is 13.2 Å². The molecule has 0 unspecified atom stereocenters. The summed E-state index contributed by atoms with van der Waals surface area (Å²) in [5, 5.41) is 21.5. The van der Waals surface area contributed by atoms with Crippen LogP contribution in [0.15, 0.2) is 28.9 Å². The minimum atomic E-state index is -0.284. The van der Waals surface area contributed by atoms with Crippen molar-refractivity contribution in [1.82, 2.24) is 5.32 Å². The molecule has 0 fully saturated rings. The predicted octanol–water partition coefficient (Wildman–Crippen LogP) is 1.64. The zero-order chi connectivity index (χ0) is 13.0. The maximum absolute atomic E-state index is 11.9. The zero-order valence-corrected chi connectivity index (χ0v) is 9.85. The monoisotopic (exact) mass is 249 g/mol. The summed E-state index contributed by atoms with van der Waals surface area (Å²) in [7, 11) is 0. The highest BCUT2D eigenvalue weighted by atomic mass is 16.3. The topological polar surface area (TPSA) is 82.7 Å². The van der Waals surface area contributed by atoms with Gasteiger partial charge < -0.3 is 19.9 Å². The molecule has 0 bridgehead atoms. The van der Waals surface area contributed by atoms with E-state index in [-0.39, 0.29) is 18.3 Å². The average molecular weight is 249 g/mol. The highest BCUT2D eigenvalue weighted by Crippen LogP contribution is 2.29. The summed E-state index contributed by atoms with van der Waals surface area (Å²) in [5.74, 6) is -0.255. The first-order chi connectivity index (χ1) is 8.74. The third-order valence-corrected chi connectivity index (χ3v) is 2.69. The molecule has 0 spiro atoms. The molecular formula is C13H15NO4. The Labute approximate surface area is 104 Å². The van der Waals surface area contributed by atoms with E-state index in [1.807, 2.05) is 0 Å². The Morgan fingerprint density at radius 3 is 2.94 bits per heavy atom. The van der Waals surface area contributed by atoms with Crippen LogP contribution in [0, 0.1) is 0 Å². The summed E-state index contributed by atoms with van der Waals surface area (Å²) in [5.41, 5.74) is 0.808. The van der Waals surface area contributed by atoms with Crippen LogP contribution in [-0.4, -0.2) is 29.3 Å². The van der Waals surface area contributed by atoms with E-state index in [0.29, 0.717) is 35.9 Å². The maximum Gasteiger partial charge on any atom is 0.255 e. The van der Waals surface area contributed by atoms with Gasteiger partial charge in [-0.25, -0.2) is 0 Å². The SMILES string of the molecule is O=C(NCCCCO)c1coc2cccc(O)c12. The standard InChI is InChI=1S/C13H15NO4/c15-7-2-1-6-14-13(17)9-8-18-11-5-3-4-10(16)12(9)11/h3-5,8,15-16H,1-2,6-7H2,(H,14,17). The lowest BCUT2D eigenvalue weighted by molar-refractivity contribution is 0.0952. The molecule has 0 aliphatic carbocycles. The van der Waals surface area contributed by atoms with Crippen molar-refractivity contribution >= 4 is 16.9 Å². The van der Waals surface area contributed by atoms with Crippen LogP contribution in [0.1, 0.15) is 23.2 Å². The number of fused-ring (bicyclic) bond motifs is 1. The number of phenols is 1. The number of unbranched alkanes of at least 4 members (excludes halogenated alkanes) is 1. The van der Waals surface area contributed by atoms with Crippen LogP contribution in [0.3, 0.4) is 0 Å². The number of hydrogen-bond acceptors (Lipinski definition) is 4. The minimum absolute atomic E-state index is 0.0294. The maximum atomic E-state index is 11.9. The van der Waals surface area contributed by atoms with Gasteiger partial charge in [-0.3, -0.25) is 4.79 Å². The first-order valence-electron chi connectivity index (χ1n) is 5.82. The van der Waals surface area contributed by atoms with Gasteiger partial charge in [0, 0.05) is 13.2 Å². The Hall–Kier alpha value is -2.01. The number of carbonyl (C=O) groups excluding carboxylic acids is 1. The van der Waals surface area contributed by atoms with Gasteiger partial charge in [-0.2, -0.15) is 0 Å². The Kier molecular flexibility index (Phi) is 3.84. The molecule has 0 saturated carbocycles. The number of aliphatic hydroxyl groups is 1. The number of hydrogen-bond donors (Lipinski definition) is 3.